The highest BCUT2D eigenvalue weighted by Crippen LogP contribution is 2.29. The molecule has 0 heterocycles. The van der Waals surface area contributed by atoms with Crippen LogP contribution in [0.5, 0.6) is 0 Å². The van der Waals surface area contributed by atoms with Gasteiger partial charge in [-0.15, -0.1) is 0 Å². The van der Waals surface area contributed by atoms with E-state index in [0.29, 0.717) is 12.5 Å². The minimum absolute atomic E-state index is 0.0345. The summed E-state index contributed by atoms with van der Waals surface area (Å²) in [5.41, 5.74) is 0.191. The molecule has 1 saturated carbocycles. The Balaban J connectivity index is 2.00. The first-order valence-corrected chi connectivity index (χ1v) is 5.73. The number of rotatable bonds is 6. The van der Waals surface area contributed by atoms with Crippen LogP contribution in [0.3, 0.4) is 0 Å². The molecule has 1 unspecified atom stereocenters. The van der Waals surface area contributed by atoms with Gasteiger partial charge in [0.15, 0.2) is 0 Å². The van der Waals surface area contributed by atoms with Gasteiger partial charge in [-0.3, -0.25) is 4.79 Å². The van der Waals surface area contributed by atoms with Gasteiger partial charge in [-0.05, 0) is 24.8 Å². The molecule has 92 valence electrons. The fourth-order valence-corrected chi connectivity index (χ4v) is 1.69. The molecule has 0 amide bonds. The molecule has 1 fully saturated rings. The lowest BCUT2D eigenvalue weighted by Crippen LogP contribution is -2.19. The third kappa shape index (κ3) is 3.27. The second kappa shape index (κ2) is 5.27. The Morgan fingerprint density at radius 3 is 2.76 bits per heavy atom. The second-order valence-electron chi connectivity index (χ2n) is 4.39. The Morgan fingerprint density at radius 1 is 1.47 bits per heavy atom. The fraction of sp³-hybridized carbons (Fsp3) is 0.462. The molecule has 1 aliphatic rings. The van der Waals surface area contributed by atoms with E-state index in [9.17, 15) is 9.18 Å². The van der Waals surface area contributed by atoms with E-state index in [0.717, 1.165) is 12.8 Å². The van der Waals surface area contributed by atoms with Gasteiger partial charge in [0, 0.05) is 12.2 Å². The third-order valence-electron chi connectivity index (χ3n) is 2.91. The van der Waals surface area contributed by atoms with Crippen molar-refractivity contribution in [3.63, 3.8) is 0 Å². The quantitative estimate of drug-likeness (QED) is 0.827. The number of carbonyl (C=O) groups is 1. The maximum Gasteiger partial charge on any atom is 0.313 e. The van der Waals surface area contributed by atoms with Gasteiger partial charge in [-0.25, -0.2) is 4.39 Å². The van der Waals surface area contributed by atoms with Crippen LogP contribution in [0.15, 0.2) is 24.3 Å². The summed E-state index contributed by atoms with van der Waals surface area (Å²) in [4.78, 5) is 11.1. The van der Waals surface area contributed by atoms with Gasteiger partial charge >= 0.3 is 5.97 Å². The van der Waals surface area contributed by atoms with E-state index in [4.69, 9.17) is 9.84 Å². The first kappa shape index (κ1) is 12.0. The van der Waals surface area contributed by atoms with Gasteiger partial charge < -0.3 is 9.84 Å². The van der Waals surface area contributed by atoms with Crippen molar-refractivity contribution in [3.05, 3.63) is 35.6 Å². The predicted octanol–water partition coefficient (Wildman–Crippen LogP) is 2.42. The lowest BCUT2D eigenvalue weighted by atomic mass is 10.00. The molecule has 0 spiro atoms. The molecule has 0 bridgehead atoms. The normalized spacial score (nSPS) is 16.8. The Kier molecular flexibility index (Phi) is 3.74. The lowest BCUT2D eigenvalue weighted by Gasteiger charge is -2.13. The fourth-order valence-electron chi connectivity index (χ4n) is 1.69. The van der Waals surface area contributed by atoms with Gasteiger partial charge in [-0.1, -0.05) is 18.2 Å². The number of benzene rings is 1. The molecule has 0 aliphatic heterocycles. The summed E-state index contributed by atoms with van der Waals surface area (Å²) in [6.07, 6.45) is 2.30. The van der Waals surface area contributed by atoms with Crippen LogP contribution < -0.4 is 0 Å². The predicted molar refractivity (Wildman–Crippen MR) is 60.3 cm³/mol. The van der Waals surface area contributed by atoms with Crippen molar-refractivity contribution in [2.75, 3.05) is 13.2 Å². The highest BCUT2D eigenvalue weighted by atomic mass is 19.1. The van der Waals surface area contributed by atoms with E-state index in [1.807, 2.05) is 0 Å². The molecule has 0 saturated heterocycles. The van der Waals surface area contributed by atoms with E-state index in [1.54, 1.807) is 12.1 Å². The number of ether oxygens (including phenoxy) is 1. The minimum atomic E-state index is -1.05. The molecule has 4 heteroatoms. The second-order valence-corrected chi connectivity index (χ2v) is 4.39. The molecular weight excluding hydrogens is 223 g/mol. The van der Waals surface area contributed by atoms with E-state index >= 15 is 0 Å². The molecule has 17 heavy (non-hydrogen) atoms. The summed E-state index contributed by atoms with van der Waals surface area (Å²) in [5, 5.41) is 9.09. The zero-order chi connectivity index (χ0) is 12.3. The largest absolute Gasteiger partial charge is 0.481 e. The van der Waals surface area contributed by atoms with Crippen molar-refractivity contribution in [1.29, 1.82) is 0 Å². The van der Waals surface area contributed by atoms with Gasteiger partial charge in [0.1, 0.15) is 11.7 Å². The van der Waals surface area contributed by atoms with Gasteiger partial charge in [0.2, 0.25) is 0 Å². The van der Waals surface area contributed by atoms with Crippen LogP contribution in [0.25, 0.3) is 0 Å². The summed E-state index contributed by atoms with van der Waals surface area (Å²) in [7, 11) is 0. The van der Waals surface area contributed by atoms with E-state index in [2.05, 4.69) is 0 Å². The van der Waals surface area contributed by atoms with Crippen molar-refractivity contribution in [2.45, 2.75) is 18.8 Å². The standard InChI is InChI=1S/C13H15FO3/c14-12-4-2-1-3-10(12)11(13(15)16)8-17-7-9-5-6-9/h1-4,9,11H,5-8H2,(H,15,16). The average Bonchev–Trinajstić information content (AvgIpc) is 3.09. The van der Waals surface area contributed by atoms with E-state index in [-0.39, 0.29) is 12.2 Å². The van der Waals surface area contributed by atoms with Crippen molar-refractivity contribution >= 4 is 5.97 Å². The van der Waals surface area contributed by atoms with Crippen LogP contribution in [0.2, 0.25) is 0 Å². The van der Waals surface area contributed by atoms with Crippen LogP contribution in [0.1, 0.15) is 24.3 Å². The third-order valence-corrected chi connectivity index (χ3v) is 2.91. The number of halogens is 1. The van der Waals surface area contributed by atoms with Crippen LogP contribution in [-0.4, -0.2) is 24.3 Å². The van der Waals surface area contributed by atoms with Crippen LogP contribution in [0, 0.1) is 11.7 Å². The van der Waals surface area contributed by atoms with Crippen molar-refractivity contribution < 1.29 is 19.0 Å². The number of aliphatic carboxylic acids is 1. The molecule has 1 aromatic rings. The molecule has 3 nitrogen and oxygen atoms in total. The Labute approximate surface area is 99.2 Å². The smallest absolute Gasteiger partial charge is 0.313 e. The molecule has 0 radical (unpaired) electrons. The Bertz CT molecular complexity index is 401. The van der Waals surface area contributed by atoms with Crippen LogP contribution in [-0.2, 0) is 9.53 Å². The number of carboxylic acids is 1. The average molecular weight is 238 g/mol. The maximum absolute atomic E-state index is 13.5. The summed E-state index contributed by atoms with van der Waals surface area (Å²) in [5.74, 6) is -1.89. The van der Waals surface area contributed by atoms with Crippen LogP contribution in [0.4, 0.5) is 4.39 Å². The molecule has 1 aliphatic carbocycles. The SMILES string of the molecule is O=C(O)C(COCC1CC1)c1ccccc1F. The number of carboxylic acid groups (broad SMARTS) is 1. The summed E-state index contributed by atoms with van der Waals surface area (Å²) in [6, 6.07) is 5.94. The van der Waals surface area contributed by atoms with E-state index < -0.39 is 17.7 Å². The minimum Gasteiger partial charge on any atom is -0.481 e. The van der Waals surface area contributed by atoms with Gasteiger partial charge in [0.25, 0.3) is 0 Å². The first-order chi connectivity index (χ1) is 8.18. The Hall–Kier alpha value is -1.42. The zero-order valence-electron chi connectivity index (χ0n) is 9.43. The van der Waals surface area contributed by atoms with Gasteiger partial charge in [-0.2, -0.15) is 0 Å². The monoisotopic (exact) mass is 238 g/mol. The van der Waals surface area contributed by atoms with Crippen LogP contribution >= 0.6 is 0 Å². The van der Waals surface area contributed by atoms with Gasteiger partial charge in [0.05, 0.1) is 6.61 Å². The zero-order valence-corrected chi connectivity index (χ0v) is 9.43. The summed E-state index contributed by atoms with van der Waals surface area (Å²) < 4.78 is 18.8. The lowest BCUT2D eigenvalue weighted by molar-refractivity contribution is -0.140. The maximum atomic E-state index is 13.5. The van der Waals surface area contributed by atoms with E-state index in [1.165, 1.54) is 12.1 Å². The van der Waals surface area contributed by atoms with Crippen molar-refractivity contribution in [1.82, 2.24) is 0 Å². The summed E-state index contributed by atoms with van der Waals surface area (Å²) >= 11 is 0. The topological polar surface area (TPSA) is 46.5 Å². The number of hydrogen-bond acceptors (Lipinski definition) is 2. The highest BCUT2D eigenvalue weighted by molar-refractivity contribution is 5.76. The molecule has 0 aromatic heterocycles. The molecule has 1 aromatic carbocycles. The number of hydrogen-bond donors (Lipinski definition) is 1. The Morgan fingerprint density at radius 2 is 2.18 bits per heavy atom. The van der Waals surface area contributed by atoms with Crippen molar-refractivity contribution in [2.24, 2.45) is 5.92 Å². The van der Waals surface area contributed by atoms with Crippen molar-refractivity contribution in [3.8, 4) is 0 Å². The summed E-state index contributed by atoms with van der Waals surface area (Å²) in [6.45, 7) is 0.616. The molecule has 1 atom stereocenters. The molecule has 2 rings (SSSR count). The highest BCUT2D eigenvalue weighted by Gasteiger charge is 2.26. The molecule has 1 N–H and O–H groups in total. The molecular formula is C13H15FO3. The first-order valence-electron chi connectivity index (χ1n) is 5.73.